The van der Waals surface area contributed by atoms with Crippen molar-refractivity contribution in [3.05, 3.63) is 35.4 Å². The summed E-state index contributed by atoms with van der Waals surface area (Å²) in [5, 5.41) is 15.0. The summed E-state index contributed by atoms with van der Waals surface area (Å²) >= 11 is 0. The van der Waals surface area contributed by atoms with Crippen molar-refractivity contribution < 1.29 is 14.3 Å². The Hall–Kier alpha value is -2.39. The van der Waals surface area contributed by atoms with Gasteiger partial charge in [0, 0.05) is 5.54 Å². The molecule has 2 atom stereocenters. The largest absolute Gasteiger partial charge is 0.465 e. The van der Waals surface area contributed by atoms with Crippen LogP contribution < -0.4 is 10.6 Å². The highest BCUT2D eigenvalue weighted by atomic mass is 16.5. The minimum absolute atomic E-state index is 0.217. The van der Waals surface area contributed by atoms with Gasteiger partial charge in [-0.15, -0.1) is 0 Å². The molecule has 1 unspecified atom stereocenters. The number of benzene rings is 1. The highest BCUT2D eigenvalue weighted by Gasteiger charge is 2.31. The van der Waals surface area contributed by atoms with E-state index in [0.717, 1.165) is 6.42 Å². The Labute approximate surface area is 142 Å². The number of carbonyl (C=O) groups is 2. The fraction of sp³-hybridized carbons (Fsp3) is 0.500. The lowest BCUT2D eigenvalue weighted by molar-refractivity contribution is -0.150. The number of ether oxygens (including phenoxy) is 1. The summed E-state index contributed by atoms with van der Waals surface area (Å²) in [6.07, 6.45) is 1.40. The van der Waals surface area contributed by atoms with E-state index < -0.39 is 17.6 Å². The Balaban J connectivity index is 2.24. The van der Waals surface area contributed by atoms with Crippen molar-refractivity contribution in [3.63, 3.8) is 0 Å². The maximum absolute atomic E-state index is 12.7. The number of cyclic esters (lactones) is 1. The molecule has 128 valence electrons. The Morgan fingerprint density at radius 2 is 2.00 bits per heavy atom. The summed E-state index contributed by atoms with van der Waals surface area (Å²) in [6.45, 7) is 6.12. The van der Waals surface area contributed by atoms with Gasteiger partial charge in [0.25, 0.3) is 0 Å². The van der Waals surface area contributed by atoms with E-state index in [0.29, 0.717) is 24.2 Å². The Kier molecular flexibility index (Phi) is 5.58. The van der Waals surface area contributed by atoms with Gasteiger partial charge in [-0.1, -0.05) is 12.1 Å². The van der Waals surface area contributed by atoms with E-state index in [1.807, 2.05) is 20.8 Å². The van der Waals surface area contributed by atoms with Crippen LogP contribution in [0.1, 0.15) is 50.8 Å². The van der Waals surface area contributed by atoms with Crippen LogP contribution in [0.5, 0.6) is 0 Å². The molecule has 1 fully saturated rings. The van der Waals surface area contributed by atoms with E-state index in [1.165, 1.54) is 0 Å². The number of nitrogens with one attached hydrogen (secondary N) is 2. The van der Waals surface area contributed by atoms with Crippen LogP contribution in [0.2, 0.25) is 0 Å². The zero-order valence-electron chi connectivity index (χ0n) is 14.3. The number of amides is 1. The molecule has 0 saturated carbocycles. The highest BCUT2D eigenvalue weighted by molar-refractivity contribution is 5.85. The van der Waals surface area contributed by atoms with Gasteiger partial charge in [0.05, 0.1) is 18.2 Å². The third-order valence-electron chi connectivity index (χ3n) is 3.67. The third kappa shape index (κ3) is 4.80. The second-order valence-corrected chi connectivity index (χ2v) is 6.94. The number of rotatable bonds is 4. The van der Waals surface area contributed by atoms with Gasteiger partial charge in [0.15, 0.2) is 0 Å². The zero-order valence-corrected chi connectivity index (χ0v) is 14.3. The summed E-state index contributed by atoms with van der Waals surface area (Å²) in [4.78, 5) is 24.6. The molecule has 24 heavy (non-hydrogen) atoms. The molecule has 6 heteroatoms. The molecule has 2 N–H and O–H groups in total. The predicted octanol–water partition coefficient (Wildman–Crippen LogP) is 1.81. The lowest BCUT2D eigenvalue weighted by Crippen LogP contribution is -2.51. The van der Waals surface area contributed by atoms with Crippen LogP contribution in [0, 0.1) is 11.3 Å². The van der Waals surface area contributed by atoms with Crippen molar-refractivity contribution in [2.24, 2.45) is 0 Å². The summed E-state index contributed by atoms with van der Waals surface area (Å²) in [6, 6.07) is 7.64. The van der Waals surface area contributed by atoms with E-state index in [9.17, 15) is 9.59 Å². The molecule has 0 spiro atoms. The molecule has 1 saturated heterocycles. The fourth-order valence-corrected chi connectivity index (χ4v) is 2.55. The number of nitrogens with zero attached hydrogens (tertiary/aromatic N) is 1. The quantitative estimate of drug-likeness (QED) is 0.822. The Morgan fingerprint density at radius 3 is 2.54 bits per heavy atom. The van der Waals surface area contributed by atoms with Crippen molar-refractivity contribution in [2.45, 2.75) is 51.2 Å². The fourth-order valence-electron chi connectivity index (χ4n) is 2.55. The molecule has 0 aliphatic carbocycles. The number of hydrogen-bond donors (Lipinski definition) is 2. The molecular weight excluding hydrogens is 306 g/mol. The number of nitriles is 1. The first-order chi connectivity index (χ1) is 11.3. The van der Waals surface area contributed by atoms with Gasteiger partial charge in [0.2, 0.25) is 5.91 Å². The second kappa shape index (κ2) is 7.45. The highest BCUT2D eigenvalue weighted by Crippen LogP contribution is 2.19. The van der Waals surface area contributed by atoms with E-state index in [1.54, 1.807) is 24.3 Å². The summed E-state index contributed by atoms with van der Waals surface area (Å²) in [5.41, 5.74) is 0.830. The summed E-state index contributed by atoms with van der Waals surface area (Å²) < 4.78 is 5.07. The molecule has 1 aromatic carbocycles. The standard InChI is InChI=1S/C18H23N3O3/c1-18(2,3)21-16(22)15(13-8-6-12(11-19)7-9-13)20-14-5-4-10-24-17(14)23/h6-9,14-15,20H,4-5,10H2,1-3H3,(H,21,22)/t14-,15?/m0/s1. The summed E-state index contributed by atoms with van der Waals surface area (Å²) in [5.74, 6) is -0.547. The Morgan fingerprint density at radius 1 is 1.33 bits per heavy atom. The number of hydrogen-bond acceptors (Lipinski definition) is 5. The zero-order chi connectivity index (χ0) is 17.7. The molecule has 0 aromatic heterocycles. The van der Waals surface area contributed by atoms with E-state index in [4.69, 9.17) is 10.00 Å². The maximum Gasteiger partial charge on any atom is 0.323 e. The van der Waals surface area contributed by atoms with E-state index in [-0.39, 0.29) is 11.9 Å². The minimum atomic E-state index is -0.687. The lowest BCUT2D eigenvalue weighted by Gasteiger charge is -2.29. The predicted molar refractivity (Wildman–Crippen MR) is 88.9 cm³/mol. The number of carbonyl (C=O) groups excluding carboxylic acids is 2. The first kappa shape index (κ1) is 18.0. The summed E-state index contributed by atoms with van der Waals surface area (Å²) in [7, 11) is 0. The Bertz CT molecular complexity index is 641. The molecule has 0 bridgehead atoms. The average Bonchev–Trinajstić information content (AvgIpc) is 2.52. The monoisotopic (exact) mass is 329 g/mol. The second-order valence-electron chi connectivity index (χ2n) is 6.94. The molecule has 0 radical (unpaired) electrons. The first-order valence-corrected chi connectivity index (χ1v) is 8.05. The van der Waals surface area contributed by atoms with Gasteiger partial charge in [0.1, 0.15) is 12.1 Å². The van der Waals surface area contributed by atoms with Gasteiger partial charge < -0.3 is 10.1 Å². The average molecular weight is 329 g/mol. The molecule has 1 amide bonds. The molecular formula is C18H23N3O3. The van der Waals surface area contributed by atoms with Crippen LogP contribution in [-0.4, -0.2) is 30.1 Å². The molecule has 1 aliphatic heterocycles. The van der Waals surface area contributed by atoms with Crippen LogP contribution in [0.15, 0.2) is 24.3 Å². The van der Waals surface area contributed by atoms with Crippen molar-refractivity contribution in [1.82, 2.24) is 10.6 Å². The topological polar surface area (TPSA) is 91.2 Å². The van der Waals surface area contributed by atoms with Gasteiger partial charge in [-0.05, 0) is 51.3 Å². The smallest absolute Gasteiger partial charge is 0.323 e. The van der Waals surface area contributed by atoms with E-state index in [2.05, 4.69) is 16.7 Å². The SMILES string of the molecule is CC(C)(C)NC(=O)C(N[C@H]1CCCOC1=O)c1ccc(C#N)cc1. The van der Waals surface area contributed by atoms with Crippen LogP contribution in [0.3, 0.4) is 0 Å². The maximum atomic E-state index is 12.7. The van der Waals surface area contributed by atoms with Crippen LogP contribution in [0.4, 0.5) is 0 Å². The van der Waals surface area contributed by atoms with Crippen LogP contribution in [0.25, 0.3) is 0 Å². The van der Waals surface area contributed by atoms with Crippen LogP contribution in [-0.2, 0) is 14.3 Å². The van der Waals surface area contributed by atoms with Gasteiger partial charge >= 0.3 is 5.97 Å². The van der Waals surface area contributed by atoms with Gasteiger partial charge in [-0.2, -0.15) is 5.26 Å². The minimum Gasteiger partial charge on any atom is -0.465 e. The normalized spacial score (nSPS) is 19.1. The molecule has 1 aromatic rings. The molecule has 1 aliphatic rings. The van der Waals surface area contributed by atoms with Gasteiger partial charge in [-0.25, -0.2) is 0 Å². The van der Waals surface area contributed by atoms with Crippen molar-refractivity contribution in [1.29, 1.82) is 5.26 Å². The third-order valence-corrected chi connectivity index (χ3v) is 3.67. The molecule has 6 nitrogen and oxygen atoms in total. The number of esters is 1. The van der Waals surface area contributed by atoms with Gasteiger partial charge in [-0.3, -0.25) is 14.9 Å². The van der Waals surface area contributed by atoms with Crippen LogP contribution >= 0.6 is 0 Å². The van der Waals surface area contributed by atoms with Crippen molar-refractivity contribution >= 4 is 11.9 Å². The first-order valence-electron chi connectivity index (χ1n) is 8.05. The lowest BCUT2D eigenvalue weighted by atomic mass is 10.00. The van der Waals surface area contributed by atoms with Crippen molar-refractivity contribution in [3.8, 4) is 6.07 Å². The van der Waals surface area contributed by atoms with E-state index >= 15 is 0 Å². The molecule has 2 rings (SSSR count). The molecule has 1 heterocycles. The van der Waals surface area contributed by atoms with Crippen molar-refractivity contribution in [2.75, 3.05) is 6.61 Å².